The molecule has 1 atom stereocenters. The molecule has 0 heterocycles. The van der Waals surface area contributed by atoms with Gasteiger partial charge in [-0.1, -0.05) is 13.3 Å². The van der Waals surface area contributed by atoms with Crippen molar-refractivity contribution in [2.75, 3.05) is 0 Å². The maximum absolute atomic E-state index is 11.6. The standard InChI is InChI=1S/C6H10F3NO/c1-2-3-4(10)5(11)6(7,8)9/h4H,2-3,10H2,1H3. The van der Waals surface area contributed by atoms with Gasteiger partial charge >= 0.3 is 6.18 Å². The van der Waals surface area contributed by atoms with Crippen molar-refractivity contribution in [3.05, 3.63) is 0 Å². The fourth-order valence-electron chi connectivity index (χ4n) is 0.652. The molecule has 5 heteroatoms. The number of alkyl halides is 3. The van der Waals surface area contributed by atoms with E-state index in [-0.39, 0.29) is 6.42 Å². The van der Waals surface area contributed by atoms with Gasteiger partial charge in [0.05, 0.1) is 6.04 Å². The lowest BCUT2D eigenvalue weighted by atomic mass is 10.1. The number of nitrogens with two attached hydrogens (primary N) is 1. The predicted octanol–water partition coefficient (Wildman–Crippen LogP) is 1.25. The van der Waals surface area contributed by atoms with Crippen LogP contribution in [0.5, 0.6) is 0 Å². The Morgan fingerprint density at radius 2 is 2.00 bits per heavy atom. The maximum atomic E-state index is 11.6. The molecule has 0 aliphatic heterocycles. The highest BCUT2D eigenvalue weighted by Gasteiger charge is 2.41. The SMILES string of the molecule is CCCC(N)C(=O)C(F)(F)F. The molecule has 0 saturated carbocycles. The van der Waals surface area contributed by atoms with Gasteiger partial charge in [0.1, 0.15) is 0 Å². The van der Waals surface area contributed by atoms with Gasteiger partial charge in [0.2, 0.25) is 0 Å². The number of Topliss-reactive ketones (excluding diaryl/α,β-unsaturated/α-hetero) is 1. The van der Waals surface area contributed by atoms with Crippen molar-refractivity contribution in [3.63, 3.8) is 0 Å². The first kappa shape index (κ1) is 10.4. The number of ketones is 1. The Kier molecular flexibility index (Phi) is 3.51. The van der Waals surface area contributed by atoms with Crippen LogP contribution >= 0.6 is 0 Å². The largest absolute Gasteiger partial charge is 0.451 e. The van der Waals surface area contributed by atoms with Crippen LogP contribution in [0.25, 0.3) is 0 Å². The molecule has 0 aliphatic carbocycles. The van der Waals surface area contributed by atoms with Gasteiger partial charge in [0.15, 0.2) is 0 Å². The minimum absolute atomic E-state index is 0.0817. The minimum atomic E-state index is -4.78. The average Bonchev–Trinajstić information content (AvgIpc) is 1.85. The summed E-state index contributed by atoms with van der Waals surface area (Å²) in [6, 6.07) is -1.39. The van der Waals surface area contributed by atoms with Crippen LogP contribution in [0.2, 0.25) is 0 Å². The van der Waals surface area contributed by atoms with Crippen molar-refractivity contribution in [2.45, 2.75) is 32.0 Å². The van der Waals surface area contributed by atoms with Gasteiger partial charge in [-0.25, -0.2) is 0 Å². The molecule has 2 nitrogen and oxygen atoms in total. The van der Waals surface area contributed by atoms with Gasteiger partial charge < -0.3 is 5.73 Å². The molecule has 11 heavy (non-hydrogen) atoms. The Hall–Kier alpha value is -0.580. The second-order valence-corrected chi connectivity index (χ2v) is 2.26. The lowest BCUT2D eigenvalue weighted by Gasteiger charge is -2.10. The Labute approximate surface area is 62.6 Å². The molecule has 0 bridgehead atoms. The molecular weight excluding hydrogens is 159 g/mol. The summed E-state index contributed by atoms with van der Waals surface area (Å²) in [4.78, 5) is 10.3. The van der Waals surface area contributed by atoms with Crippen LogP contribution in [0.4, 0.5) is 13.2 Å². The molecule has 0 rings (SSSR count). The van der Waals surface area contributed by atoms with Gasteiger partial charge in [0.25, 0.3) is 5.78 Å². The van der Waals surface area contributed by atoms with Gasteiger partial charge in [-0.3, -0.25) is 4.79 Å². The molecule has 0 fully saturated rings. The Balaban J connectivity index is 4.03. The summed E-state index contributed by atoms with van der Waals surface area (Å²) in [5, 5.41) is 0. The summed E-state index contributed by atoms with van der Waals surface area (Å²) < 4.78 is 34.8. The van der Waals surface area contributed by atoms with Crippen molar-refractivity contribution in [1.29, 1.82) is 0 Å². The van der Waals surface area contributed by atoms with Crippen molar-refractivity contribution in [1.82, 2.24) is 0 Å². The van der Waals surface area contributed by atoms with Crippen LogP contribution in [0.3, 0.4) is 0 Å². The van der Waals surface area contributed by atoms with Crippen molar-refractivity contribution >= 4 is 5.78 Å². The summed E-state index contributed by atoms with van der Waals surface area (Å²) in [5.41, 5.74) is 4.94. The van der Waals surface area contributed by atoms with Crippen molar-refractivity contribution < 1.29 is 18.0 Å². The van der Waals surface area contributed by atoms with E-state index in [0.29, 0.717) is 6.42 Å². The zero-order valence-corrected chi connectivity index (χ0v) is 6.11. The molecule has 0 amide bonds. The lowest BCUT2D eigenvalue weighted by molar-refractivity contribution is -0.172. The summed E-state index contributed by atoms with van der Waals surface area (Å²) in [6.45, 7) is 1.67. The molecule has 2 N–H and O–H groups in total. The van der Waals surface area contributed by atoms with Crippen LogP contribution in [-0.4, -0.2) is 18.0 Å². The van der Waals surface area contributed by atoms with E-state index in [9.17, 15) is 18.0 Å². The maximum Gasteiger partial charge on any atom is 0.451 e. The zero-order valence-electron chi connectivity index (χ0n) is 6.11. The van der Waals surface area contributed by atoms with E-state index >= 15 is 0 Å². The van der Waals surface area contributed by atoms with Gasteiger partial charge in [-0.15, -0.1) is 0 Å². The number of halogens is 3. The van der Waals surface area contributed by atoms with E-state index in [4.69, 9.17) is 5.73 Å². The van der Waals surface area contributed by atoms with Gasteiger partial charge in [0, 0.05) is 0 Å². The van der Waals surface area contributed by atoms with E-state index in [2.05, 4.69) is 0 Å². The Bertz CT molecular complexity index is 143. The van der Waals surface area contributed by atoms with E-state index < -0.39 is 18.0 Å². The first-order chi connectivity index (χ1) is 4.89. The molecule has 0 aliphatic rings. The summed E-state index contributed by atoms with van der Waals surface area (Å²) in [5.74, 6) is -1.83. The first-order valence-corrected chi connectivity index (χ1v) is 3.26. The highest BCUT2D eigenvalue weighted by Crippen LogP contribution is 2.18. The Morgan fingerprint density at radius 1 is 1.55 bits per heavy atom. The summed E-state index contributed by atoms with van der Waals surface area (Å²) in [6.07, 6.45) is -4.23. The lowest BCUT2D eigenvalue weighted by Crippen LogP contribution is -2.40. The van der Waals surface area contributed by atoms with Crippen LogP contribution < -0.4 is 5.73 Å². The summed E-state index contributed by atoms with van der Waals surface area (Å²) >= 11 is 0. The second-order valence-electron chi connectivity index (χ2n) is 2.26. The monoisotopic (exact) mass is 169 g/mol. The van der Waals surface area contributed by atoms with Crippen molar-refractivity contribution in [3.8, 4) is 0 Å². The highest BCUT2D eigenvalue weighted by molar-refractivity contribution is 5.88. The van der Waals surface area contributed by atoms with Crippen molar-refractivity contribution in [2.24, 2.45) is 5.73 Å². The van der Waals surface area contributed by atoms with E-state index in [1.54, 1.807) is 6.92 Å². The molecule has 0 aromatic carbocycles. The highest BCUT2D eigenvalue weighted by atomic mass is 19.4. The quantitative estimate of drug-likeness (QED) is 0.690. The smallest absolute Gasteiger partial charge is 0.321 e. The van der Waals surface area contributed by atoms with Crippen LogP contribution in [0.1, 0.15) is 19.8 Å². The number of hydrogen-bond acceptors (Lipinski definition) is 2. The topological polar surface area (TPSA) is 43.1 Å². The van der Waals surface area contributed by atoms with Gasteiger partial charge in [-0.2, -0.15) is 13.2 Å². The third-order valence-corrected chi connectivity index (χ3v) is 1.22. The molecule has 1 unspecified atom stereocenters. The first-order valence-electron chi connectivity index (χ1n) is 3.26. The van der Waals surface area contributed by atoms with E-state index in [1.165, 1.54) is 0 Å². The summed E-state index contributed by atoms with van der Waals surface area (Å²) in [7, 11) is 0. The average molecular weight is 169 g/mol. The van der Waals surface area contributed by atoms with E-state index in [1.807, 2.05) is 0 Å². The third-order valence-electron chi connectivity index (χ3n) is 1.22. The minimum Gasteiger partial charge on any atom is -0.321 e. The molecule has 0 saturated heterocycles. The normalized spacial score (nSPS) is 14.6. The molecule has 0 aromatic heterocycles. The number of hydrogen-bond donors (Lipinski definition) is 1. The Morgan fingerprint density at radius 3 is 2.27 bits per heavy atom. The molecule has 0 spiro atoms. The predicted molar refractivity (Wildman–Crippen MR) is 33.9 cm³/mol. The number of carbonyl (C=O) groups is 1. The van der Waals surface area contributed by atoms with Crippen LogP contribution in [0, 0.1) is 0 Å². The fraction of sp³-hybridized carbons (Fsp3) is 0.833. The van der Waals surface area contributed by atoms with Crippen LogP contribution in [0.15, 0.2) is 0 Å². The third kappa shape index (κ3) is 3.36. The molecule has 66 valence electrons. The number of rotatable bonds is 3. The molecule has 0 radical (unpaired) electrons. The zero-order chi connectivity index (χ0) is 9.07. The van der Waals surface area contributed by atoms with E-state index in [0.717, 1.165) is 0 Å². The fourth-order valence-corrected chi connectivity index (χ4v) is 0.652. The molecule has 0 aromatic rings. The van der Waals surface area contributed by atoms with Gasteiger partial charge in [-0.05, 0) is 6.42 Å². The molecular formula is C6H10F3NO. The van der Waals surface area contributed by atoms with Crippen LogP contribution in [-0.2, 0) is 4.79 Å². The second kappa shape index (κ2) is 3.71. The number of carbonyl (C=O) groups excluding carboxylic acids is 1.